The molecule has 0 aliphatic heterocycles. The standard InChI is InChI=1S/C46H67NO7/c1-28(2)38-32(49)24-46(35(50)27-47(29(3)48)26-30-14-12-11-13-15-30)23-22-44(9)31(39(38)46)16-17-34-43(8)20-19-36(54-37(51)25-41(4,5)40(52)53)42(6,7)33(43)18-21-45(34,44)10/h11-15,28,31,33-36,50H,16-27H2,1-10H3,(H,52,53)/t31-,33-,34-,35?,36+,43+,44-,45-,46?/m1/s1. The second-order valence-corrected chi connectivity index (χ2v) is 20.5. The number of esters is 1. The fourth-order valence-corrected chi connectivity index (χ4v) is 13.4. The molecule has 2 unspecified atom stereocenters. The third-order valence-corrected chi connectivity index (χ3v) is 16.6. The molecule has 5 aliphatic rings. The number of allylic oxidation sites excluding steroid dienone is 1. The maximum atomic E-state index is 14.2. The largest absolute Gasteiger partial charge is 0.481 e. The number of Topliss-reactive ketones (excluding diaryl/α,β-unsaturated/α-hetero) is 1. The lowest BCUT2D eigenvalue weighted by molar-refractivity contribution is -0.235. The number of benzene rings is 1. The molecule has 0 heterocycles. The maximum Gasteiger partial charge on any atom is 0.309 e. The Kier molecular flexibility index (Phi) is 10.5. The number of fused-ring (bicyclic) bond motifs is 7. The van der Waals surface area contributed by atoms with Crippen LogP contribution in [0.4, 0.5) is 0 Å². The average molecular weight is 746 g/mol. The van der Waals surface area contributed by atoms with Crippen LogP contribution in [0.15, 0.2) is 41.5 Å². The zero-order chi connectivity index (χ0) is 39.8. The molecule has 4 fully saturated rings. The third kappa shape index (κ3) is 6.29. The SMILES string of the molecule is CC(=O)N(Cc1ccccc1)CC(O)C12CC[C@]3(C)[C@H](CC[C@@H]4[C@@]5(C)CC[C@H](OC(=O)CC(C)(C)C(=O)O)C(C)(C)[C@H]5CC[C@]43C)C1=C(C(C)C)C(=O)C2. The van der Waals surface area contributed by atoms with Crippen LogP contribution in [0.2, 0.25) is 0 Å². The molecule has 0 bridgehead atoms. The number of hydrogen-bond acceptors (Lipinski definition) is 6. The molecular formula is C46H67NO7. The van der Waals surface area contributed by atoms with Gasteiger partial charge in [0.25, 0.3) is 0 Å². The van der Waals surface area contributed by atoms with Gasteiger partial charge in [-0.15, -0.1) is 0 Å². The number of carboxylic acids is 1. The van der Waals surface area contributed by atoms with Gasteiger partial charge in [-0.2, -0.15) is 0 Å². The topological polar surface area (TPSA) is 121 Å². The summed E-state index contributed by atoms with van der Waals surface area (Å²) in [6.45, 7) is 21.6. The lowest BCUT2D eigenvalue weighted by atomic mass is 9.33. The number of aliphatic carboxylic acids is 1. The number of carbonyl (C=O) groups excluding carboxylic acids is 3. The lowest BCUT2D eigenvalue weighted by Crippen LogP contribution is -2.66. The van der Waals surface area contributed by atoms with E-state index in [0.717, 1.165) is 62.5 Å². The van der Waals surface area contributed by atoms with Gasteiger partial charge in [-0.25, -0.2) is 0 Å². The zero-order valence-corrected chi connectivity index (χ0v) is 34.7. The molecule has 6 rings (SSSR count). The second kappa shape index (κ2) is 13.9. The first-order chi connectivity index (χ1) is 25.0. The van der Waals surface area contributed by atoms with Crippen LogP contribution in [-0.4, -0.2) is 57.5 Å². The van der Waals surface area contributed by atoms with Gasteiger partial charge in [0.05, 0.1) is 17.9 Å². The van der Waals surface area contributed by atoms with Crippen molar-refractivity contribution in [2.24, 2.45) is 56.2 Å². The lowest BCUT2D eigenvalue weighted by Gasteiger charge is -2.72. The Morgan fingerprint density at radius 3 is 2.19 bits per heavy atom. The van der Waals surface area contributed by atoms with Crippen molar-refractivity contribution in [2.45, 2.75) is 152 Å². The Balaban J connectivity index is 1.29. The van der Waals surface area contributed by atoms with Crippen LogP contribution in [0.5, 0.6) is 0 Å². The van der Waals surface area contributed by atoms with Gasteiger partial charge >= 0.3 is 11.9 Å². The van der Waals surface area contributed by atoms with Gasteiger partial charge in [-0.3, -0.25) is 19.2 Å². The minimum atomic E-state index is -1.18. The molecule has 5 aliphatic carbocycles. The number of ether oxygens (including phenoxy) is 1. The highest BCUT2D eigenvalue weighted by molar-refractivity contribution is 6.00. The predicted octanol–water partition coefficient (Wildman–Crippen LogP) is 8.79. The summed E-state index contributed by atoms with van der Waals surface area (Å²) in [5.41, 5.74) is 0.991. The molecule has 1 amide bonds. The van der Waals surface area contributed by atoms with Crippen LogP contribution in [0.25, 0.3) is 0 Å². The van der Waals surface area contributed by atoms with Gasteiger partial charge in [0.2, 0.25) is 5.91 Å². The second-order valence-electron chi connectivity index (χ2n) is 20.5. The van der Waals surface area contributed by atoms with E-state index in [-0.39, 0.29) is 64.3 Å². The molecule has 4 saturated carbocycles. The smallest absolute Gasteiger partial charge is 0.309 e. The first-order valence-electron chi connectivity index (χ1n) is 20.7. The predicted molar refractivity (Wildman–Crippen MR) is 209 cm³/mol. The summed E-state index contributed by atoms with van der Waals surface area (Å²) < 4.78 is 6.17. The minimum Gasteiger partial charge on any atom is -0.481 e. The van der Waals surface area contributed by atoms with E-state index < -0.39 is 28.9 Å². The van der Waals surface area contributed by atoms with Crippen molar-refractivity contribution in [1.29, 1.82) is 0 Å². The van der Waals surface area contributed by atoms with Crippen molar-refractivity contribution in [3.05, 3.63) is 47.0 Å². The number of aliphatic hydroxyl groups excluding tert-OH is 1. The Morgan fingerprint density at radius 1 is 0.907 bits per heavy atom. The quantitative estimate of drug-likeness (QED) is 0.230. The number of nitrogens with zero attached hydrogens (tertiary/aromatic N) is 1. The number of aliphatic hydroxyl groups is 1. The van der Waals surface area contributed by atoms with E-state index in [1.54, 1.807) is 25.7 Å². The highest BCUT2D eigenvalue weighted by Crippen LogP contribution is 2.77. The minimum absolute atomic E-state index is 0.00282. The Labute approximate surface area is 323 Å². The van der Waals surface area contributed by atoms with Crippen LogP contribution >= 0.6 is 0 Å². The van der Waals surface area contributed by atoms with Crippen LogP contribution in [0.1, 0.15) is 139 Å². The molecule has 8 heteroatoms. The molecule has 0 aromatic heterocycles. The highest BCUT2D eigenvalue weighted by atomic mass is 16.5. The van der Waals surface area contributed by atoms with Gasteiger partial charge in [0, 0.05) is 37.3 Å². The van der Waals surface area contributed by atoms with E-state index in [0.29, 0.717) is 24.8 Å². The molecular weight excluding hydrogens is 679 g/mol. The molecule has 0 radical (unpaired) electrons. The fourth-order valence-electron chi connectivity index (χ4n) is 13.4. The van der Waals surface area contributed by atoms with E-state index >= 15 is 0 Å². The molecule has 1 aromatic rings. The van der Waals surface area contributed by atoms with E-state index in [9.17, 15) is 29.4 Å². The number of hydrogen-bond donors (Lipinski definition) is 2. The zero-order valence-electron chi connectivity index (χ0n) is 34.7. The number of carbonyl (C=O) groups is 4. The molecule has 1 aromatic carbocycles. The van der Waals surface area contributed by atoms with Gasteiger partial charge in [-0.1, -0.05) is 84.4 Å². The first-order valence-corrected chi connectivity index (χ1v) is 20.7. The van der Waals surface area contributed by atoms with Crippen molar-refractivity contribution in [3.8, 4) is 0 Å². The fraction of sp³-hybridized carbons (Fsp3) is 0.739. The van der Waals surface area contributed by atoms with Crippen molar-refractivity contribution in [3.63, 3.8) is 0 Å². The molecule has 8 nitrogen and oxygen atoms in total. The monoisotopic (exact) mass is 745 g/mol. The Bertz CT molecular complexity index is 1690. The Morgan fingerprint density at radius 2 is 1.57 bits per heavy atom. The third-order valence-electron chi connectivity index (χ3n) is 16.6. The summed E-state index contributed by atoms with van der Waals surface area (Å²) in [4.78, 5) is 53.8. The van der Waals surface area contributed by atoms with Crippen LogP contribution in [0, 0.1) is 56.2 Å². The number of carboxylic acid groups (broad SMARTS) is 1. The number of ketones is 1. The summed E-state index contributed by atoms with van der Waals surface area (Å²) in [5, 5.41) is 22.0. The average Bonchev–Trinajstić information content (AvgIpc) is 3.39. The first kappa shape index (κ1) is 40.7. The summed E-state index contributed by atoms with van der Waals surface area (Å²) in [5.74, 6) is -0.328. The summed E-state index contributed by atoms with van der Waals surface area (Å²) in [6.07, 6.45) is 6.50. The van der Waals surface area contributed by atoms with Gasteiger partial charge in [0.15, 0.2) is 5.78 Å². The van der Waals surface area contributed by atoms with E-state index in [1.807, 2.05) is 30.3 Å². The van der Waals surface area contributed by atoms with Crippen molar-refractivity contribution in [1.82, 2.24) is 4.90 Å². The van der Waals surface area contributed by atoms with E-state index in [1.165, 1.54) is 5.57 Å². The van der Waals surface area contributed by atoms with Crippen LogP contribution < -0.4 is 0 Å². The van der Waals surface area contributed by atoms with Gasteiger partial charge in [-0.05, 0) is 116 Å². The highest BCUT2D eigenvalue weighted by Gasteiger charge is 2.71. The van der Waals surface area contributed by atoms with Crippen molar-refractivity contribution in [2.75, 3.05) is 6.54 Å². The molecule has 9 atom stereocenters. The van der Waals surface area contributed by atoms with E-state index in [4.69, 9.17) is 4.74 Å². The summed E-state index contributed by atoms with van der Waals surface area (Å²) in [6, 6.07) is 9.90. The Hall–Kier alpha value is -3.00. The van der Waals surface area contributed by atoms with Crippen molar-refractivity contribution < 1.29 is 34.1 Å². The summed E-state index contributed by atoms with van der Waals surface area (Å²) >= 11 is 0. The molecule has 0 saturated heterocycles. The molecule has 298 valence electrons. The molecule has 54 heavy (non-hydrogen) atoms. The molecule has 2 N–H and O–H groups in total. The van der Waals surface area contributed by atoms with E-state index in [2.05, 4.69) is 48.5 Å². The maximum absolute atomic E-state index is 14.2. The van der Waals surface area contributed by atoms with Crippen molar-refractivity contribution >= 4 is 23.6 Å². The normalized spacial score (nSPS) is 36.4. The van der Waals surface area contributed by atoms with Gasteiger partial charge < -0.3 is 19.8 Å². The van der Waals surface area contributed by atoms with Gasteiger partial charge in [0.1, 0.15) is 6.10 Å². The summed E-state index contributed by atoms with van der Waals surface area (Å²) in [7, 11) is 0. The number of rotatable bonds is 10. The number of amides is 1. The molecule has 0 spiro atoms. The van der Waals surface area contributed by atoms with Crippen LogP contribution in [0.3, 0.4) is 0 Å². The van der Waals surface area contributed by atoms with Crippen LogP contribution in [-0.2, 0) is 30.5 Å².